The number of rotatable bonds is 2. The van der Waals surface area contributed by atoms with E-state index in [0.29, 0.717) is 5.69 Å². The number of carbonyl (C=O) groups excluding carboxylic acids is 1. The Balaban J connectivity index is 1.89. The van der Waals surface area contributed by atoms with Crippen LogP contribution in [-0.4, -0.2) is 10.9 Å². The Morgan fingerprint density at radius 2 is 2.00 bits per heavy atom. The predicted octanol–water partition coefficient (Wildman–Crippen LogP) is 3.83. The van der Waals surface area contributed by atoms with Crippen molar-refractivity contribution >= 4 is 33.1 Å². The highest BCUT2D eigenvalue weighted by molar-refractivity contribution is 7.16. The van der Waals surface area contributed by atoms with Gasteiger partial charge in [-0.05, 0) is 36.4 Å². The van der Waals surface area contributed by atoms with Crippen molar-refractivity contribution in [2.45, 2.75) is 0 Å². The van der Waals surface area contributed by atoms with Crippen molar-refractivity contribution in [3.05, 3.63) is 59.1 Å². The number of nitrogens with one attached hydrogen (secondary N) is 1. The van der Waals surface area contributed by atoms with Gasteiger partial charge in [0.1, 0.15) is 11.6 Å². The fourth-order valence-electron chi connectivity index (χ4n) is 1.81. The molecule has 100 valence electrons. The van der Waals surface area contributed by atoms with Crippen LogP contribution in [0.3, 0.4) is 0 Å². The Kier molecular flexibility index (Phi) is 3.15. The second-order valence-corrected chi connectivity index (χ2v) is 5.00. The van der Waals surface area contributed by atoms with Crippen molar-refractivity contribution in [1.82, 2.24) is 4.98 Å². The first-order chi connectivity index (χ1) is 9.63. The molecule has 0 unspecified atom stereocenters. The molecule has 1 heterocycles. The average Bonchev–Trinajstić information content (AvgIpc) is 2.89. The van der Waals surface area contributed by atoms with Gasteiger partial charge in [-0.1, -0.05) is 0 Å². The van der Waals surface area contributed by atoms with Gasteiger partial charge in [0, 0.05) is 5.69 Å². The summed E-state index contributed by atoms with van der Waals surface area (Å²) in [4.78, 5) is 16.1. The minimum absolute atomic E-state index is 0.330. The second-order valence-electron chi connectivity index (χ2n) is 4.11. The van der Waals surface area contributed by atoms with Crippen molar-refractivity contribution in [2.24, 2.45) is 0 Å². The lowest BCUT2D eigenvalue weighted by atomic mass is 10.2. The summed E-state index contributed by atoms with van der Waals surface area (Å²) in [5.41, 5.74) is 2.59. The molecule has 0 saturated heterocycles. The van der Waals surface area contributed by atoms with E-state index in [-0.39, 0.29) is 5.56 Å². The highest BCUT2D eigenvalue weighted by atomic mass is 32.1. The highest BCUT2D eigenvalue weighted by Gasteiger charge is 2.13. The molecule has 6 heteroatoms. The molecule has 0 atom stereocenters. The Labute approximate surface area is 116 Å². The van der Waals surface area contributed by atoms with Gasteiger partial charge >= 0.3 is 0 Å². The molecule has 0 saturated carbocycles. The van der Waals surface area contributed by atoms with Gasteiger partial charge in [-0.3, -0.25) is 4.79 Å². The zero-order valence-corrected chi connectivity index (χ0v) is 10.9. The minimum atomic E-state index is -0.765. The molecule has 0 radical (unpaired) electrons. The molecule has 20 heavy (non-hydrogen) atoms. The molecule has 0 fully saturated rings. The number of fused-ring (bicyclic) bond motifs is 1. The van der Waals surface area contributed by atoms with Crippen LogP contribution in [0.5, 0.6) is 0 Å². The van der Waals surface area contributed by atoms with Gasteiger partial charge in [0.2, 0.25) is 0 Å². The number of anilines is 1. The molecular formula is C14H8F2N2OS. The average molecular weight is 290 g/mol. The Bertz CT molecular complexity index is 801. The van der Waals surface area contributed by atoms with Crippen LogP contribution in [0, 0.1) is 11.6 Å². The number of hydrogen-bond donors (Lipinski definition) is 1. The number of thiazole rings is 1. The molecule has 3 nitrogen and oxygen atoms in total. The second kappa shape index (κ2) is 4.97. The van der Waals surface area contributed by atoms with Crippen LogP contribution in [0.2, 0.25) is 0 Å². The third kappa shape index (κ3) is 2.37. The van der Waals surface area contributed by atoms with Gasteiger partial charge in [-0.25, -0.2) is 13.8 Å². The van der Waals surface area contributed by atoms with E-state index in [1.807, 2.05) is 6.07 Å². The summed E-state index contributed by atoms with van der Waals surface area (Å²) >= 11 is 1.48. The molecule has 0 aliphatic rings. The molecule has 0 bridgehead atoms. The summed E-state index contributed by atoms with van der Waals surface area (Å²) in [5, 5.41) is 2.53. The van der Waals surface area contributed by atoms with E-state index in [0.717, 1.165) is 28.4 Å². The quantitative estimate of drug-likeness (QED) is 0.779. The van der Waals surface area contributed by atoms with Crippen LogP contribution in [0.4, 0.5) is 14.5 Å². The third-order valence-electron chi connectivity index (χ3n) is 2.76. The lowest BCUT2D eigenvalue weighted by molar-refractivity contribution is 0.102. The lowest BCUT2D eigenvalue weighted by Gasteiger charge is -2.06. The number of nitrogens with zero attached hydrogens (tertiary/aromatic N) is 1. The molecule has 0 aliphatic carbocycles. The van der Waals surface area contributed by atoms with Gasteiger partial charge in [-0.15, -0.1) is 11.3 Å². The van der Waals surface area contributed by atoms with Crippen molar-refractivity contribution in [1.29, 1.82) is 0 Å². The van der Waals surface area contributed by atoms with Crippen LogP contribution in [0.15, 0.2) is 41.9 Å². The maximum Gasteiger partial charge on any atom is 0.258 e. The molecule has 0 spiro atoms. The number of aromatic nitrogens is 1. The third-order valence-corrected chi connectivity index (χ3v) is 3.57. The molecular weight excluding hydrogens is 282 g/mol. The lowest BCUT2D eigenvalue weighted by Crippen LogP contribution is -2.14. The molecule has 1 amide bonds. The number of carbonyl (C=O) groups is 1. The molecule has 3 rings (SSSR count). The van der Waals surface area contributed by atoms with Crippen molar-refractivity contribution < 1.29 is 13.6 Å². The zero-order valence-electron chi connectivity index (χ0n) is 10.1. The minimum Gasteiger partial charge on any atom is -0.322 e. The van der Waals surface area contributed by atoms with Gasteiger partial charge in [0.15, 0.2) is 0 Å². The first-order valence-corrected chi connectivity index (χ1v) is 6.61. The van der Waals surface area contributed by atoms with Crippen molar-refractivity contribution in [3.8, 4) is 0 Å². The molecule has 1 N–H and O–H groups in total. The van der Waals surface area contributed by atoms with E-state index in [1.165, 1.54) is 11.3 Å². The topological polar surface area (TPSA) is 42.0 Å². The van der Waals surface area contributed by atoms with E-state index >= 15 is 0 Å². The first-order valence-electron chi connectivity index (χ1n) is 5.73. The maximum absolute atomic E-state index is 13.5. The van der Waals surface area contributed by atoms with Crippen molar-refractivity contribution in [2.75, 3.05) is 5.32 Å². The Morgan fingerprint density at radius 1 is 1.15 bits per heavy atom. The SMILES string of the molecule is O=C(Nc1ccc2scnc2c1)c1cc(F)ccc1F. The first kappa shape index (κ1) is 12.7. The summed E-state index contributed by atoms with van der Waals surface area (Å²) in [7, 11) is 0. The van der Waals surface area contributed by atoms with Crippen LogP contribution in [-0.2, 0) is 0 Å². The summed E-state index contributed by atoms with van der Waals surface area (Å²) in [6.45, 7) is 0. The van der Waals surface area contributed by atoms with Gasteiger partial charge in [-0.2, -0.15) is 0 Å². The van der Waals surface area contributed by atoms with E-state index in [4.69, 9.17) is 0 Å². The van der Waals surface area contributed by atoms with Gasteiger partial charge < -0.3 is 5.32 Å². The number of benzene rings is 2. The number of amides is 1. The van der Waals surface area contributed by atoms with E-state index in [2.05, 4.69) is 10.3 Å². The Morgan fingerprint density at radius 3 is 2.85 bits per heavy atom. The van der Waals surface area contributed by atoms with Crippen LogP contribution >= 0.6 is 11.3 Å². The Hall–Kier alpha value is -2.34. The highest BCUT2D eigenvalue weighted by Crippen LogP contribution is 2.22. The number of hydrogen-bond acceptors (Lipinski definition) is 3. The van der Waals surface area contributed by atoms with E-state index in [9.17, 15) is 13.6 Å². The van der Waals surface area contributed by atoms with E-state index in [1.54, 1.807) is 17.6 Å². The van der Waals surface area contributed by atoms with Crippen LogP contribution in [0.25, 0.3) is 10.2 Å². The molecule has 0 aliphatic heterocycles. The number of halogens is 2. The largest absolute Gasteiger partial charge is 0.322 e. The van der Waals surface area contributed by atoms with Crippen LogP contribution in [0.1, 0.15) is 10.4 Å². The summed E-state index contributed by atoms with van der Waals surface area (Å²) in [5.74, 6) is -2.12. The molecule has 2 aromatic carbocycles. The fraction of sp³-hybridized carbons (Fsp3) is 0. The summed E-state index contributed by atoms with van der Waals surface area (Å²) < 4.78 is 27.5. The standard InChI is InChI=1S/C14H8F2N2OS/c15-8-1-3-11(16)10(5-8)14(19)18-9-2-4-13-12(6-9)17-7-20-13/h1-7H,(H,18,19). The summed E-state index contributed by atoms with van der Waals surface area (Å²) in [6, 6.07) is 7.94. The van der Waals surface area contributed by atoms with Crippen molar-refractivity contribution in [3.63, 3.8) is 0 Å². The summed E-state index contributed by atoms with van der Waals surface area (Å²) in [6.07, 6.45) is 0. The monoisotopic (exact) mass is 290 g/mol. The molecule has 3 aromatic rings. The fourth-order valence-corrected chi connectivity index (χ4v) is 2.46. The van der Waals surface area contributed by atoms with Gasteiger partial charge in [0.25, 0.3) is 5.91 Å². The molecule has 1 aromatic heterocycles. The smallest absolute Gasteiger partial charge is 0.258 e. The maximum atomic E-state index is 13.5. The van der Waals surface area contributed by atoms with Crippen LogP contribution < -0.4 is 5.32 Å². The normalized spacial score (nSPS) is 10.7. The zero-order chi connectivity index (χ0) is 14.1. The van der Waals surface area contributed by atoms with Gasteiger partial charge in [0.05, 0.1) is 21.3 Å². The predicted molar refractivity (Wildman–Crippen MR) is 73.9 cm³/mol. The van der Waals surface area contributed by atoms with E-state index < -0.39 is 17.5 Å².